The molecule has 3 aromatic rings. The quantitative estimate of drug-likeness (QED) is 0.550. The van der Waals surface area contributed by atoms with Gasteiger partial charge in [0.1, 0.15) is 5.82 Å². The summed E-state index contributed by atoms with van der Waals surface area (Å²) in [6.45, 7) is 0. The molecule has 100 valence electrons. The van der Waals surface area contributed by atoms with E-state index in [0.29, 0.717) is 0 Å². The minimum Gasteiger partial charge on any atom is -0.361 e. The Bertz CT molecular complexity index is 778. The van der Waals surface area contributed by atoms with Gasteiger partial charge in [0.2, 0.25) is 0 Å². The van der Waals surface area contributed by atoms with Crippen molar-refractivity contribution in [2.75, 3.05) is 5.43 Å². The lowest BCUT2D eigenvalue weighted by atomic mass is 10.2. The number of aromatic amines is 1. The molecule has 0 aliphatic rings. The summed E-state index contributed by atoms with van der Waals surface area (Å²) in [4.78, 5) is 3.11. The van der Waals surface area contributed by atoms with Gasteiger partial charge >= 0.3 is 0 Å². The largest absolute Gasteiger partial charge is 0.361 e. The number of halogens is 2. The van der Waals surface area contributed by atoms with E-state index in [9.17, 15) is 8.78 Å². The predicted molar refractivity (Wildman–Crippen MR) is 75.9 cm³/mol. The summed E-state index contributed by atoms with van der Waals surface area (Å²) in [5, 5.41) is 4.99. The summed E-state index contributed by atoms with van der Waals surface area (Å²) in [6.07, 6.45) is 3.40. The summed E-state index contributed by atoms with van der Waals surface area (Å²) in [5.41, 5.74) is 4.57. The summed E-state index contributed by atoms with van der Waals surface area (Å²) < 4.78 is 26.1. The lowest BCUT2D eigenvalue weighted by Crippen LogP contribution is -1.94. The van der Waals surface area contributed by atoms with Crippen molar-refractivity contribution >= 4 is 22.8 Å². The van der Waals surface area contributed by atoms with Gasteiger partial charge in [-0.1, -0.05) is 18.2 Å². The molecule has 5 heteroatoms. The standard InChI is InChI=1S/C15H11F2N3/c16-11-5-6-15(13(17)7-11)20-19-9-10-8-18-14-4-2-1-3-12(10)14/h1-9,18,20H. The molecule has 1 aromatic heterocycles. The van der Waals surface area contributed by atoms with Gasteiger partial charge in [0.15, 0.2) is 5.82 Å². The lowest BCUT2D eigenvalue weighted by Gasteiger charge is -2.01. The Hall–Kier alpha value is -2.69. The van der Waals surface area contributed by atoms with Gasteiger partial charge in [0.25, 0.3) is 0 Å². The zero-order valence-electron chi connectivity index (χ0n) is 10.4. The van der Waals surface area contributed by atoms with Crippen molar-refractivity contribution in [2.45, 2.75) is 0 Å². The topological polar surface area (TPSA) is 40.2 Å². The van der Waals surface area contributed by atoms with E-state index < -0.39 is 11.6 Å². The normalized spacial score (nSPS) is 11.3. The molecule has 1 heterocycles. The minimum absolute atomic E-state index is 0.127. The van der Waals surface area contributed by atoms with Crippen LogP contribution in [0.5, 0.6) is 0 Å². The van der Waals surface area contributed by atoms with Gasteiger partial charge in [-0.05, 0) is 18.2 Å². The number of rotatable bonds is 3. The van der Waals surface area contributed by atoms with Crippen LogP contribution < -0.4 is 5.43 Å². The number of para-hydroxylation sites is 1. The monoisotopic (exact) mass is 271 g/mol. The van der Waals surface area contributed by atoms with Crippen molar-refractivity contribution < 1.29 is 8.78 Å². The molecule has 0 atom stereocenters. The summed E-state index contributed by atoms with van der Waals surface area (Å²) >= 11 is 0. The van der Waals surface area contributed by atoms with E-state index >= 15 is 0 Å². The van der Waals surface area contributed by atoms with Crippen LogP contribution in [0.25, 0.3) is 10.9 Å². The maximum absolute atomic E-state index is 13.4. The molecule has 0 saturated carbocycles. The molecule has 0 bridgehead atoms. The van der Waals surface area contributed by atoms with Gasteiger partial charge in [-0.15, -0.1) is 0 Å². The van der Waals surface area contributed by atoms with Crippen molar-refractivity contribution in [3.05, 3.63) is 65.9 Å². The number of H-pyrrole nitrogens is 1. The molecule has 2 N–H and O–H groups in total. The molecule has 20 heavy (non-hydrogen) atoms. The highest BCUT2D eigenvalue weighted by molar-refractivity contribution is 5.99. The van der Waals surface area contributed by atoms with Gasteiger partial charge < -0.3 is 4.98 Å². The van der Waals surface area contributed by atoms with Gasteiger partial charge in [0.05, 0.1) is 11.9 Å². The summed E-state index contributed by atoms with van der Waals surface area (Å²) in [5.74, 6) is -1.30. The highest BCUT2D eigenvalue weighted by Gasteiger charge is 2.02. The first-order chi connectivity index (χ1) is 9.74. The lowest BCUT2D eigenvalue weighted by molar-refractivity contribution is 0.585. The number of fused-ring (bicyclic) bond motifs is 1. The second kappa shape index (κ2) is 5.13. The third-order valence-corrected chi connectivity index (χ3v) is 2.94. The molecule has 0 saturated heterocycles. The van der Waals surface area contributed by atoms with E-state index in [-0.39, 0.29) is 5.69 Å². The Balaban J connectivity index is 1.81. The molecule has 0 fully saturated rings. The molecule has 3 rings (SSSR count). The summed E-state index contributed by atoms with van der Waals surface area (Å²) in [6, 6.07) is 11.1. The molecular formula is C15H11F2N3. The van der Waals surface area contributed by atoms with Crippen molar-refractivity contribution in [1.82, 2.24) is 4.98 Å². The number of hydrogen-bond donors (Lipinski definition) is 2. The minimum atomic E-state index is -0.680. The zero-order valence-corrected chi connectivity index (χ0v) is 10.4. The Morgan fingerprint density at radius 2 is 1.95 bits per heavy atom. The molecule has 2 aromatic carbocycles. The van der Waals surface area contributed by atoms with Crippen LogP contribution in [0, 0.1) is 11.6 Å². The molecular weight excluding hydrogens is 260 g/mol. The SMILES string of the molecule is Fc1ccc(NN=Cc2c[nH]c3ccccc23)c(F)c1. The third kappa shape index (κ3) is 2.38. The second-order valence-corrected chi connectivity index (χ2v) is 4.28. The highest BCUT2D eigenvalue weighted by Crippen LogP contribution is 2.17. The number of hydrazone groups is 1. The van der Waals surface area contributed by atoms with Crippen molar-refractivity contribution in [2.24, 2.45) is 5.10 Å². The third-order valence-electron chi connectivity index (χ3n) is 2.94. The Kier molecular flexibility index (Phi) is 3.16. The number of benzene rings is 2. The molecule has 0 radical (unpaired) electrons. The fourth-order valence-corrected chi connectivity index (χ4v) is 1.95. The molecule has 0 aliphatic carbocycles. The van der Waals surface area contributed by atoms with E-state index in [0.717, 1.165) is 22.5 Å². The number of anilines is 1. The van der Waals surface area contributed by atoms with E-state index in [1.54, 1.807) is 6.21 Å². The van der Waals surface area contributed by atoms with Crippen LogP contribution in [0.2, 0.25) is 0 Å². The average molecular weight is 271 g/mol. The fraction of sp³-hybridized carbons (Fsp3) is 0. The average Bonchev–Trinajstić information content (AvgIpc) is 2.85. The van der Waals surface area contributed by atoms with Crippen LogP contribution in [0.3, 0.4) is 0 Å². The van der Waals surface area contributed by atoms with Crippen LogP contribution in [-0.4, -0.2) is 11.2 Å². The maximum atomic E-state index is 13.4. The first kappa shape index (κ1) is 12.3. The van der Waals surface area contributed by atoms with E-state index in [1.165, 1.54) is 12.1 Å². The van der Waals surface area contributed by atoms with Gasteiger partial charge in [-0.2, -0.15) is 5.10 Å². The Morgan fingerprint density at radius 3 is 2.80 bits per heavy atom. The smallest absolute Gasteiger partial charge is 0.151 e. The van der Waals surface area contributed by atoms with Gasteiger partial charge in [-0.25, -0.2) is 8.78 Å². The molecule has 0 aliphatic heterocycles. The van der Waals surface area contributed by atoms with Crippen LogP contribution in [0.1, 0.15) is 5.56 Å². The molecule has 3 nitrogen and oxygen atoms in total. The number of aromatic nitrogens is 1. The van der Waals surface area contributed by atoms with E-state index in [2.05, 4.69) is 15.5 Å². The first-order valence-corrected chi connectivity index (χ1v) is 6.04. The zero-order chi connectivity index (χ0) is 13.9. The fourth-order valence-electron chi connectivity index (χ4n) is 1.95. The number of nitrogens with one attached hydrogen (secondary N) is 2. The highest BCUT2D eigenvalue weighted by atomic mass is 19.1. The Morgan fingerprint density at radius 1 is 1.10 bits per heavy atom. The van der Waals surface area contributed by atoms with Crippen LogP contribution in [0.4, 0.5) is 14.5 Å². The van der Waals surface area contributed by atoms with Crippen LogP contribution >= 0.6 is 0 Å². The van der Waals surface area contributed by atoms with Crippen molar-refractivity contribution in [1.29, 1.82) is 0 Å². The number of hydrogen-bond acceptors (Lipinski definition) is 2. The van der Waals surface area contributed by atoms with Crippen LogP contribution in [-0.2, 0) is 0 Å². The predicted octanol–water partition coefficient (Wildman–Crippen LogP) is 3.89. The summed E-state index contributed by atoms with van der Waals surface area (Å²) in [7, 11) is 0. The van der Waals surface area contributed by atoms with Crippen LogP contribution in [0.15, 0.2) is 53.8 Å². The first-order valence-electron chi connectivity index (χ1n) is 6.04. The number of nitrogens with zero attached hydrogens (tertiary/aromatic N) is 1. The van der Waals surface area contributed by atoms with Crippen molar-refractivity contribution in [3.63, 3.8) is 0 Å². The van der Waals surface area contributed by atoms with E-state index in [4.69, 9.17) is 0 Å². The van der Waals surface area contributed by atoms with E-state index in [1.807, 2.05) is 30.5 Å². The Labute approximate surface area is 113 Å². The molecule has 0 amide bonds. The second-order valence-electron chi connectivity index (χ2n) is 4.28. The van der Waals surface area contributed by atoms with Crippen molar-refractivity contribution in [3.8, 4) is 0 Å². The van der Waals surface area contributed by atoms with Gasteiger partial charge in [0, 0.05) is 28.7 Å². The van der Waals surface area contributed by atoms with Gasteiger partial charge in [-0.3, -0.25) is 5.43 Å². The molecule has 0 spiro atoms. The maximum Gasteiger partial charge on any atom is 0.151 e. The molecule has 0 unspecified atom stereocenters.